The van der Waals surface area contributed by atoms with Gasteiger partial charge in [-0.3, -0.25) is 0 Å². The summed E-state index contributed by atoms with van der Waals surface area (Å²) in [6.45, 7) is 20.8. The maximum atomic E-state index is 6.84. The van der Waals surface area contributed by atoms with Gasteiger partial charge in [0.2, 0.25) is 0 Å². The molecule has 0 rings (SSSR count). The molecule has 28 heavy (non-hydrogen) atoms. The fourth-order valence-corrected chi connectivity index (χ4v) is 10.1. The second-order valence-electron chi connectivity index (χ2n) is 12.7. The summed E-state index contributed by atoms with van der Waals surface area (Å²) < 4.78 is 20.5. The van der Waals surface area contributed by atoms with Crippen LogP contribution in [0.5, 0.6) is 0 Å². The van der Waals surface area contributed by atoms with Crippen molar-refractivity contribution in [3.63, 3.8) is 0 Å². The Morgan fingerprint density at radius 1 is 0.464 bits per heavy atom. The first-order valence-corrected chi connectivity index (χ1v) is 22.4. The Morgan fingerprint density at radius 3 is 0.857 bits per heavy atom. The summed E-state index contributed by atoms with van der Waals surface area (Å²) in [5, 5.41) is 0. The molecule has 0 N–H and O–H groups in total. The summed E-state index contributed by atoms with van der Waals surface area (Å²) >= 11 is 0. The number of rotatable bonds is 15. The summed E-state index contributed by atoms with van der Waals surface area (Å²) in [6.07, 6.45) is 10.5. The molecule has 0 aliphatic rings. The zero-order valence-electron chi connectivity index (χ0n) is 21.5. The van der Waals surface area contributed by atoms with Gasteiger partial charge in [-0.1, -0.05) is 0 Å². The summed E-state index contributed by atoms with van der Waals surface area (Å²) in [4.78, 5) is 0. The topological polar surface area (TPSA) is 27.7 Å². The fraction of sp³-hybridized carbons (Fsp3) is 1.00. The summed E-state index contributed by atoms with van der Waals surface area (Å²) in [5.41, 5.74) is 0. The molecule has 0 aliphatic carbocycles. The molecule has 0 aromatic heterocycles. The van der Waals surface area contributed by atoms with Crippen LogP contribution in [0.3, 0.4) is 0 Å². The van der Waals surface area contributed by atoms with E-state index in [4.69, 9.17) is 13.3 Å². The zero-order chi connectivity index (χ0) is 22.4. The molecule has 0 fully saturated rings. The molecule has 174 valence electrons. The second-order valence-corrected chi connectivity index (χ2v) is 32.5. The normalized spacial score (nSPS) is 17.8. The molecule has 3 nitrogen and oxygen atoms in total. The molecule has 0 saturated heterocycles. The van der Waals surface area contributed by atoms with Crippen molar-refractivity contribution in [2.24, 2.45) is 0 Å². The van der Waals surface area contributed by atoms with Gasteiger partial charge in [0.05, 0.1) is 0 Å². The molecule has 0 aromatic carbocycles. The Bertz CT molecular complexity index is 413. The Morgan fingerprint density at radius 2 is 0.679 bits per heavy atom. The van der Waals surface area contributed by atoms with Crippen LogP contribution in [0.1, 0.15) is 59.3 Å². The maximum absolute atomic E-state index is 6.84. The molecular weight excluding hydrogens is 404 g/mol. The predicted molar refractivity (Wildman–Crippen MR) is 142 cm³/mol. The molecule has 0 heterocycles. The standard InChI is InChI=1S/C21H54BO3P3/c1-13-16-19-26(4,5,6)23-22(24-27(7,8,9)20-17-14-2)25-28(10,11,12)21-18-15-3/h13-21H2,1-12H3. The molecule has 0 aliphatic heterocycles. The van der Waals surface area contributed by atoms with Crippen molar-refractivity contribution in [3.05, 3.63) is 0 Å². The van der Waals surface area contributed by atoms with Crippen molar-refractivity contribution < 1.29 is 13.3 Å². The van der Waals surface area contributed by atoms with Gasteiger partial charge >= 0.3 is 179 Å². The Kier molecular flexibility index (Phi) is 10.2. The Labute approximate surface area is 179 Å². The van der Waals surface area contributed by atoms with Crippen molar-refractivity contribution in [3.8, 4) is 0 Å². The van der Waals surface area contributed by atoms with Crippen LogP contribution in [0, 0.1) is 0 Å². The molecule has 0 bridgehead atoms. The molecule has 0 spiro atoms. The van der Waals surface area contributed by atoms with Gasteiger partial charge in [-0.15, -0.1) is 0 Å². The third kappa shape index (κ3) is 13.5. The zero-order valence-corrected chi connectivity index (χ0v) is 24.2. The summed E-state index contributed by atoms with van der Waals surface area (Å²) in [5.74, 6) is 0. The molecule has 0 radical (unpaired) electrons. The van der Waals surface area contributed by atoms with Crippen molar-refractivity contribution in [2.75, 3.05) is 78.5 Å². The quantitative estimate of drug-likeness (QED) is 0.188. The van der Waals surface area contributed by atoms with Crippen LogP contribution in [0.2, 0.25) is 0 Å². The minimum atomic E-state index is -2.30. The van der Waals surface area contributed by atoms with Crippen LogP contribution in [0.4, 0.5) is 0 Å². The summed E-state index contributed by atoms with van der Waals surface area (Å²) in [7, 11) is -0.543. The Hall–Kier alpha value is 1.23. The van der Waals surface area contributed by atoms with Gasteiger partial charge in [0.15, 0.2) is 0 Å². The fourth-order valence-electron chi connectivity index (χ4n) is 3.26. The van der Waals surface area contributed by atoms with Gasteiger partial charge in [-0.25, -0.2) is 0 Å². The number of hydrogen-bond acceptors (Lipinski definition) is 3. The average Bonchev–Trinajstić information content (AvgIpc) is 2.46. The van der Waals surface area contributed by atoms with Crippen molar-refractivity contribution >= 4 is 27.8 Å². The van der Waals surface area contributed by atoms with Crippen molar-refractivity contribution in [1.82, 2.24) is 0 Å². The molecule has 0 aromatic rings. The van der Waals surface area contributed by atoms with Crippen LogP contribution >= 0.6 is 20.5 Å². The predicted octanol–water partition coefficient (Wildman–Crippen LogP) is 7.49. The van der Waals surface area contributed by atoms with Crippen LogP contribution < -0.4 is 0 Å². The Balaban J connectivity index is 5.72. The molecule has 0 amide bonds. The number of unbranched alkanes of at least 4 members (excludes halogenated alkanes) is 3. The van der Waals surface area contributed by atoms with E-state index in [1.165, 1.54) is 38.5 Å². The van der Waals surface area contributed by atoms with Crippen LogP contribution in [-0.2, 0) is 13.3 Å². The van der Waals surface area contributed by atoms with Crippen molar-refractivity contribution in [1.29, 1.82) is 0 Å². The number of hydrogen-bond donors (Lipinski definition) is 0. The monoisotopic (exact) mass is 458 g/mol. The molecule has 0 saturated carbocycles. The van der Waals surface area contributed by atoms with E-state index in [2.05, 4.69) is 80.8 Å². The van der Waals surface area contributed by atoms with Gasteiger partial charge in [-0.2, -0.15) is 0 Å². The van der Waals surface area contributed by atoms with Gasteiger partial charge in [0.25, 0.3) is 0 Å². The first kappa shape index (κ1) is 29.2. The van der Waals surface area contributed by atoms with Gasteiger partial charge in [-0.05, 0) is 0 Å². The van der Waals surface area contributed by atoms with E-state index in [9.17, 15) is 0 Å². The first-order valence-electron chi connectivity index (χ1n) is 11.3. The third-order valence-corrected chi connectivity index (χ3v) is 13.6. The van der Waals surface area contributed by atoms with Crippen LogP contribution in [-0.4, -0.2) is 85.8 Å². The van der Waals surface area contributed by atoms with Crippen molar-refractivity contribution in [2.45, 2.75) is 59.3 Å². The van der Waals surface area contributed by atoms with Gasteiger partial charge in [0.1, 0.15) is 0 Å². The van der Waals surface area contributed by atoms with E-state index in [0.29, 0.717) is 0 Å². The van der Waals surface area contributed by atoms with E-state index >= 15 is 0 Å². The van der Waals surface area contributed by atoms with Gasteiger partial charge < -0.3 is 0 Å². The summed E-state index contributed by atoms with van der Waals surface area (Å²) in [6, 6.07) is 0. The SMILES string of the molecule is CCCCP(C)(C)(C)OB(OP(C)(C)(C)CCCC)OP(C)(C)(C)CCCC. The first-order chi connectivity index (χ1) is 12.3. The third-order valence-electron chi connectivity index (χ3n) is 5.25. The minimum absolute atomic E-state index is 0.543. The molecular formula is C21H54BO3P3. The van der Waals surface area contributed by atoms with Gasteiger partial charge in [0, 0.05) is 0 Å². The average molecular weight is 458 g/mol. The molecule has 7 heteroatoms. The van der Waals surface area contributed by atoms with Crippen LogP contribution in [0.15, 0.2) is 0 Å². The van der Waals surface area contributed by atoms with E-state index in [-0.39, 0.29) is 0 Å². The van der Waals surface area contributed by atoms with Crippen LogP contribution in [0.25, 0.3) is 0 Å². The van der Waals surface area contributed by atoms with E-state index < -0.39 is 27.8 Å². The van der Waals surface area contributed by atoms with E-state index in [1.807, 2.05) is 0 Å². The molecule has 0 atom stereocenters. The van der Waals surface area contributed by atoms with E-state index in [1.54, 1.807) is 0 Å². The van der Waals surface area contributed by atoms with E-state index in [0.717, 1.165) is 18.5 Å². The second kappa shape index (κ2) is 9.80. The molecule has 0 unspecified atom stereocenters.